The summed E-state index contributed by atoms with van der Waals surface area (Å²) in [5.74, 6) is 3.89. The van der Waals surface area contributed by atoms with E-state index in [1.54, 1.807) is 5.57 Å². The van der Waals surface area contributed by atoms with Crippen molar-refractivity contribution in [2.45, 2.75) is 71.8 Å². The van der Waals surface area contributed by atoms with E-state index in [9.17, 15) is 9.90 Å². The standard InChI is InChI=1S/C20H30O2/c1-11-8-13-9-14(21)4-5-15(13)18-12(2)10-20(3)16(19(11)18)6-7-17(20)22/h11-12,16-19,22H,4-10H2,1-3H3/t11-,12+,16?,17+,18?,19?,20+/m1/s1. The van der Waals surface area contributed by atoms with Crippen molar-refractivity contribution in [1.29, 1.82) is 0 Å². The molecule has 4 rings (SSSR count). The van der Waals surface area contributed by atoms with Crippen LogP contribution >= 0.6 is 0 Å². The minimum atomic E-state index is -0.101. The lowest BCUT2D eigenvalue weighted by molar-refractivity contribution is -0.119. The van der Waals surface area contributed by atoms with Gasteiger partial charge in [-0.1, -0.05) is 31.9 Å². The Morgan fingerprint density at radius 1 is 1.14 bits per heavy atom. The second-order valence-electron chi connectivity index (χ2n) is 9.02. The minimum absolute atomic E-state index is 0.101. The van der Waals surface area contributed by atoms with Gasteiger partial charge in [0, 0.05) is 12.8 Å². The second-order valence-corrected chi connectivity index (χ2v) is 9.02. The first-order chi connectivity index (χ1) is 10.4. The van der Waals surface area contributed by atoms with Crippen LogP contribution in [0.4, 0.5) is 0 Å². The maximum absolute atomic E-state index is 11.9. The third-order valence-electron chi connectivity index (χ3n) is 7.78. The maximum atomic E-state index is 11.9. The number of aliphatic hydroxyl groups excluding tert-OH is 1. The molecule has 122 valence electrons. The summed E-state index contributed by atoms with van der Waals surface area (Å²) >= 11 is 0. The molecule has 1 N–H and O–H groups in total. The summed E-state index contributed by atoms with van der Waals surface area (Å²) in [6, 6.07) is 0. The highest BCUT2D eigenvalue weighted by Crippen LogP contribution is 2.63. The van der Waals surface area contributed by atoms with Crippen LogP contribution in [-0.4, -0.2) is 17.0 Å². The molecule has 22 heavy (non-hydrogen) atoms. The van der Waals surface area contributed by atoms with Gasteiger partial charge in [0.1, 0.15) is 5.78 Å². The van der Waals surface area contributed by atoms with Gasteiger partial charge in [0.2, 0.25) is 0 Å². The molecule has 0 heterocycles. The van der Waals surface area contributed by atoms with Crippen LogP contribution < -0.4 is 0 Å². The average Bonchev–Trinajstić information content (AvgIpc) is 2.74. The monoisotopic (exact) mass is 302 g/mol. The number of carbonyl (C=O) groups is 1. The number of hydrogen-bond acceptors (Lipinski definition) is 2. The van der Waals surface area contributed by atoms with Crippen LogP contribution in [-0.2, 0) is 4.79 Å². The number of rotatable bonds is 0. The molecule has 3 unspecified atom stereocenters. The number of aliphatic hydroxyl groups is 1. The number of Topliss-reactive ketones (excluding diaryl/α,β-unsaturated/α-hetero) is 1. The van der Waals surface area contributed by atoms with Crippen LogP contribution in [0.1, 0.15) is 65.7 Å². The zero-order chi connectivity index (χ0) is 15.6. The molecule has 2 heteroatoms. The number of allylic oxidation sites excluding steroid dienone is 2. The van der Waals surface area contributed by atoms with E-state index in [1.807, 2.05) is 0 Å². The SMILES string of the molecule is C[C@@H]1CC2=C(CCC(=O)C2)C2C1C1CC[C@H](O)[C@@]1(C)C[C@@H]2C. The number of fused-ring (bicyclic) bond motifs is 4. The van der Waals surface area contributed by atoms with Crippen molar-refractivity contribution >= 4 is 5.78 Å². The number of carbonyl (C=O) groups excluding carboxylic acids is 1. The highest BCUT2D eigenvalue weighted by molar-refractivity contribution is 5.82. The summed E-state index contributed by atoms with van der Waals surface area (Å²) in [6.45, 7) is 7.16. The van der Waals surface area contributed by atoms with Gasteiger partial charge in [-0.15, -0.1) is 0 Å². The molecule has 4 aliphatic carbocycles. The van der Waals surface area contributed by atoms with Crippen molar-refractivity contribution in [1.82, 2.24) is 0 Å². The first-order valence-corrected chi connectivity index (χ1v) is 9.32. The molecular formula is C20H30O2. The fourth-order valence-corrected chi connectivity index (χ4v) is 6.96. The van der Waals surface area contributed by atoms with E-state index in [2.05, 4.69) is 20.8 Å². The van der Waals surface area contributed by atoms with E-state index in [-0.39, 0.29) is 11.5 Å². The number of ketones is 1. The second kappa shape index (κ2) is 4.93. The molecule has 0 aromatic rings. The fourth-order valence-electron chi connectivity index (χ4n) is 6.96. The third-order valence-corrected chi connectivity index (χ3v) is 7.78. The van der Waals surface area contributed by atoms with Gasteiger partial charge in [-0.05, 0) is 67.1 Å². The maximum Gasteiger partial charge on any atom is 0.137 e. The van der Waals surface area contributed by atoms with Crippen LogP contribution in [0.15, 0.2) is 11.1 Å². The Morgan fingerprint density at radius 2 is 1.91 bits per heavy atom. The van der Waals surface area contributed by atoms with E-state index < -0.39 is 0 Å². The third kappa shape index (κ3) is 1.92. The predicted molar refractivity (Wildman–Crippen MR) is 87.3 cm³/mol. The van der Waals surface area contributed by atoms with E-state index in [0.717, 1.165) is 44.4 Å². The van der Waals surface area contributed by atoms with Gasteiger partial charge in [0.15, 0.2) is 0 Å². The first kappa shape index (κ1) is 14.9. The van der Waals surface area contributed by atoms with Gasteiger partial charge >= 0.3 is 0 Å². The van der Waals surface area contributed by atoms with Crippen LogP contribution in [0.3, 0.4) is 0 Å². The van der Waals surface area contributed by atoms with Crippen LogP contribution in [0.25, 0.3) is 0 Å². The van der Waals surface area contributed by atoms with Crippen molar-refractivity contribution < 1.29 is 9.90 Å². The van der Waals surface area contributed by atoms with Gasteiger partial charge in [-0.25, -0.2) is 0 Å². The van der Waals surface area contributed by atoms with Gasteiger partial charge in [0.05, 0.1) is 6.10 Å². The van der Waals surface area contributed by atoms with Crippen LogP contribution in [0.5, 0.6) is 0 Å². The molecule has 0 bridgehead atoms. The summed E-state index contributed by atoms with van der Waals surface area (Å²) in [6.07, 6.45) is 6.93. The minimum Gasteiger partial charge on any atom is -0.393 e. The van der Waals surface area contributed by atoms with E-state index in [0.29, 0.717) is 29.5 Å². The summed E-state index contributed by atoms with van der Waals surface area (Å²) in [5, 5.41) is 10.6. The molecule has 0 aromatic carbocycles. The lowest BCUT2D eigenvalue weighted by atomic mass is 9.49. The smallest absolute Gasteiger partial charge is 0.137 e. The molecule has 0 aromatic heterocycles. The Bertz CT molecular complexity index is 534. The van der Waals surface area contributed by atoms with Crippen molar-refractivity contribution in [2.24, 2.45) is 35.0 Å². The Labute approximate surface area is 134 Å². The highest BCUT2D eigenvalue weighted by atomic mass is 16.3. The number of hydrogen-bond donors (Lipinski definition) is 1. The fraction of sp³-hybridized carbons (Fsp3) is 0.850. The Morgan fingerprint density at radius 3 is 2.68 bits per heavy atom. The normalized spacial score (nSPS) is 51.4. The topological polar surface area (TPSA) is 37.3 Å². The summed E-state index contributed by atoms with van der Waals surface area (Å²) in [7, 11) is 0. The Hall–Kier alpha value is -0.630. The summed E-state index contributed by atoms with van der Waals surface area (Å²) in [5.41, 5.74) is 3.30. The molecule has 0 amide bonds. The molecule has 2 saturated carbocycles. The molecule has 0 aliphatic heterocycles. The molecule has 2 nitrogen and oxygen atoms in total. The Kier molecular flexibility index (Phi) is 3.35. The largest absolute Gasteiger partial charge is 0.393 e. The van der Waals surface area contributed by atoms with Gasteiger partial charge in [-0.3, -0.25) is 4.79 Å². The van der Waals surface area contributed by atoms with Gasteiger partial charge in [0.25, 0.3) is 0 Å². The van der Waals surface area contributed by atoms with Crippen LogP contribution in [0.2, 0.25) is 0 Å². The predicted octanol–water partition coefficient (Wildman–Crippen LogP) is 4.13. The molecule has 0 saturated heterocycles. The molecule has 2 fully saturated rings. The molecule has 4 aliphatic rings. The van der Waals surface area contributed by atoms with Crippen molar-refractivity contribution in [2.75, 3.05) is 0 Å². The Balaban J connectivity index is 1.75. The molecule has 7 atom stereocenters. The highest BCUT2D eigenvalue weighted by Gasteiger charge is 2.58. The molecule has 0 radical (unpaired) electrons. The lowest BCUT2D eigenvalue weighted by Crippen LogP contribution is -2.51. The van der Waals surface area contributed by atoms with E-state index in [4.69, 9.17) is 0 Å². The van der Waals surface area contributed by atoms with Crippen molar-refractivity contribution in [3.63, 3.8) is 0 Å². The average molecular weight is 302 g/mol. The van der Waals surface area contributed by atoms with E-state index >= 15 is 0 Å². The van der Waals surface area contributed by atoms with Crippen molar-refractivity contribution in [3.8, 4) is 0 Å². The van der Waals surface area contributed by atoms with Gasteiger partial charge < -0.3 is 5.11 Å². The van der Waals surface area contributed by atoms with Crippen LogP contribution in [0, 0.1) is 35.0 Å². The van der Waals surface area contributed by atoms with Gasteiger partial charge in [-0.2, -0.15) is 0 Å². The molecular weight excluding hydrogens is 272 g/mol. The quantitative estimate of drug-likeness (QED) is 0.683. The zero-order valence-corrected chi connectivity index (χ0v) is 14.3. The lowest BCUT2D eigenvalue weighted by Gasteiger charge is -2.56. The summed E-state index contributed by atoms with van der Waals surface area (Å²) < 4.78 is 0. The zero-order valence-electron chi connectivity index (χ0n) is 14.3. The molecule has 0 spiro atoms. The van der Waals surface area contributed by atoms with E-state index in [1.165, 1.54) is 12.0 Å². The first-order valence-electron chi connectivity index (χ1n) is 9.32. The summed E-state index contributed by atoms with van der Waals surface area (Å²) in [4.78, 5) is 11.9. The van der Waals surface area contributed by atoms with Crippen molar-refractivity contribution in [3.05, 3.63) is 11.1 Å².